The highest BCUT2D eigenvalue weighted by molar-refractivity contribution is 6.78. The van der Waals surface area contributed by atoms with Gasteiger partial charge in [-0.15, -0.1) is 0 Å². The molecule has 0 spiro atoms. The summed E-state index contributed by atoms with van der Waals surface area (Å²) in [6.07, 6.45) is 0. The van der Waals surface area contributed by atoms with Crippen LogP contribution in [0.4, 0.5) is 8.78 Å². The van der Waals surface area contributed by atoms with Gasteiger partial charge in [-0.05, 0) is 0 Å². The van der Waals surface area contributed by atoms with Crippen molar-refractivity contribution in [1.82, 2.24) is 0 Å². The normalized spacial score (nSPS) is 16.6. The number of halogens is 2. The lowest BCUT2D eigenvalue weighted by molar-refractivity contribution is -0.00187. The van der Waals surface area contributed by atoms with Crippen LogP contribution in [0.15, 0.2) is 0 Å². The molecule has 1 nitrogen and oxygen atoms in total. The Kier molecular flexibility index (Phi) is 3.20. The third-order valence-corrected chi connectivity index (χ3v) is 4.39. The topological polar surface area (TPSA) is 20.2 Å². The Morgan fingerprint density at radius 3 is 1.82 bits per heavy atom. The standard InChI is InChI=1S/C7H16F2OSi/c1-6(5-10)7(8,9)11(2,3)4/h6,10H,5H2,1-4H3/t6-/m0/s1. The maximum absolute atomic E-state index is 13.2. The SMILES string of the molecule is C[C@@H](CO)C(F)(F)[Si](C)(C)C. The summed E-state index contributed by atoms with van der Waals surface area (Å²) >= 11 is 0. The minimum Gasteiger partial charge on any atom is -0.396 e. The Morgan fingerprint density at radius 2 is 1.73 bits per heavy atom. The maximum atomic E-state index is 13.2. The van der Waals surface area contributed by atoms with Gasteiger partial charge in [0.25, 0.3) is 0 Å². The van der Waals surface area contributed by atoms with Crippen LogP contribution < -0.4 is 0 Å². The molecular weight excluding hydrogens is 166 g/mol. The smallest absolute Gasteiger partial charge is 0.233 e. The lowest BCUT2D eigenvalue weighted by Crippen LogP contribution is -2.50. The third kappa shape index (κ3) is 2.23. The minimum absolute atomic E-state index is 0.433. The van der Waals surface area contributed by atoms with Gasteiger partial charge in [0.15, 0.2) is 0 Å². The largest absolute Gasteiger partial charge is 0.396 e. The zero-order chi connectivity index (χ0) is 9.28. The van der Waals surface area contributed by atoms with Crippen molar-refractivity contribution in [3.05, 3.63) is 0 Å². The van der Waals surface area contributed by atoms with Crippen LogP contribution in [0.1, 0.15) is 6.92 Å². The number of hydrogen-bond acceptors (Lipinski definition) is 1. The summed E-state index contributed by atoms with van der Waals surface area (Å²) in [4.78, 5) is 0. The molecule has 68 valence electrons. The fourth-order valence-electron chi connectivity index (χ4n) is 0.854. The molecular formula is C7H16F2OSi. The predicted molar refractivity (Wildman–Crippen MR) is 44.5 cm³/mol. The molecule has 0 aromatic carbocycles. The molecule has 0 bridgehead atoms. The fourth-order valence-corrected chi connectivity index (χ4v) is 2.42. The highest BCUT2D eigenvalue weighted by atomic mass is 28.3. The average Bonchev–Trinajstić information content (AvgIpc) is 1.83. The molecule has 0 unspecified atom stereocenters. The lowest BCUT2D eigenvalue weighted by atomic mass is 10.2. The van der Waals surface area contributed by atoms with E-state index in [9.17, 15) is 8.78 Å². The number of hydrogen-bond donors (Lipinski definition) is 1. The van der Waals surface area contributed by atoms with E-state index in [0.29, 0.717) is 0 Å². The molecule has 0 saturated heterocycles. The molecule has 0 aliphatic rings. The molecule has 0 aromatic heterocycles. The number of aliphatic hydroxyl groups excluding tert-OH is 1. The molecule has 0 fully saturated rings. The average molecular weight is 182 g/mol. The van der Waals surface area contributed by atoms with Crippen molar-refractivity contribution in [1.29, 1.82) is 0 Å². The van der Waals surface area contributed by atoms with Gasteiger partial charge in [0.2, 0.25) is 5.55 Å². The molecule has 0 aliphatic carbocycles. The lowest BCUT2D eigenvalue weighted by Gasteiger charge is -2.32. The Labute approximate surface area is 67.4 Å². The van der Waals surface area contributed by atoms with E-state index in [2.05, 4.69) is 0 Å². The van der Waals surface area contributed by atoms with Crippen molar-refractivity contribution in [3.8, 4) is 0 Å². The molecule has 0 rings (SSSR count). The molecule has 11 heavy (non-hydrogen) atoms. The predicted octanol–water partition coefficient (Wildman–Crippen LogP) is 2.13. The minimum atomic E-state index is -2.66. The Balaban J connectivity index is 4.45. The monoisotopic (exact) mass is 182 g/mol. The van der Waals surface area contributed by atoms with Gasteiger partial charge in [-0.25, -0.2) is 8.78 Å². The molecule has 0 heterocycles. The summed E-state index contributed by atoms with van der Waals surface area (Å²) in [6.45, 7) is 5.78. The molecule has 0 aromatic rings. The van der Waals surface area contributed by atoms with Crippen LogP contribution in [-0.2, 0) is 0 Å². The van der Waals surface area contributed by atoms with E-state index in [1.807, 2.05) is 0 Å². The molecule has 0 radical (unpaired) electrons. The first-order valence-electron chi connectivity index (χ1n) is 3.72. The van der Waals surface area contributed by atoms with Crippen LogP contribution in [0.2, 0.25) is 19.6 Å². The highest BCUT2D eigenvalue weighted by Crippen LogP contribution is 2.33. The number of aliphatic hydroxyl groups is 1. The summed E-state index contributed by atoms with van der Waals surface area (Å²) in [6, 6.07) is 0. The second-order valence-corrected chi connectivity index (χ2v) is 9.12. The van der Waals surface area contributed by atoms with Crippen molar-refractivity contribution < 1.29 is 13.9 Å². The molecule has 1 atom stereocenters. The second kappa shape index (κ2) is 3.19. The maximum Gasteiger partial charge on any atom is 0.233 e. The van der Waals surface area contributed by atoms with Crippen LogP contribution in [0.3, 0.4) is 0 Å². The van der Waals surface area contributed by atoms with Crippen LogP contribution in [0.25, 0.3) is 0 Å². The Bertz CT molecular complexity index is 131. The number of alkyl halides is 2. The summed E-state index contributed by atoms with van der Waals surface area (Å²) < 4.78 is 26.5. The Morgan fingerprint density at radius 1 is 1.36 bits per heavy atom. The van der Waals surface area contributed by atoms with Crippen LogP contribution >= 0.6 is 0 Å². The first kappa shape index (κ1) is 11.0. The first-order valence-corrected chi connectivity index (χ1v) is 7.22. The van der Waals surface area contributed by atoms with E-state index in [-0.39, 0.29) is 0 Å². The van der Waals surface area contributed by atoms with Gasteiger partial charge in [-0.1, -0.05) is 26.6 Å². The zero-order valence-electron chi connectivity index (χ0n) is 7.49. The summed E-state index contributed by atoms with van der Waals surface area (Å²) in [5.41, 5.74) is -2.66. The molecule has 4 heteroatoms. The van der Waals surface area contributed by atoms with Gasteiger partial charge >= 0.3 is 0 Å². The first-order chi connectivity index (χ1) is 4.73. The van der Waals surface area contributed by atoms with E-state index in [0.717, 1.165) is 0 Å². The van der Waals surface area contributed by atoms with E-state index >= 15 is 0 Å². The van der Waals surface area contributed by atoms with Crippen molar-refractivity contribution in [3.63, 3.8) is 0 Å². The second-order valence-electron chi connectivity index (χ2n) is 3.96. The molecule has 0 amide bonds. The van der Waals surface area contributed by atoms with Gasteiger partial charge < -0.3 is 5.11 Å². The van der Waals surface area contributed by atoms with Gasteiger partial charge in [0.05, 0.1) is 6.61 Å². The number of rotatable bonds is 3. The van der Waals surface area contributed by atoms with Crippen molar-refractivity contribution >= 4 is 8.07 Å². The van der Waals surface area contributed by atoms with Crippen LogP contribution in [0.5, 0.6) is 0 Å². The summed E-state index contributed by atoms with van der Waals surface area (Å²) in [5, 5.41) is 8.58. The van der Waals surface area contributed by atoms with Gasteiger partial charge in [0.1, 0.15) is 8.07 Å². The third-order valence-electron chi connectivity index (χ3n) is 1.89. The molecule has 0 aliphatic heterocycles. The van der Waals surface area contributed by atoms with Crippen molar-refractivity contribution in [2.24, 2.45) is 5.92 Å². The van der Waals surface area contributed by atoms with Crippen LogP contribution in [0, 0.1) is 5.92 Å². The highest BCUT2D eigenvalue weighted by Gasteiger charge is 2.48. The van der Waals surface area contributed by atoms with E-state index < -0.39 is 26.1 Å². The van der Waals surface area contributed by atoms with Crippen molar-refractivity contribution in [2.75, 3.05) is 6.61 Å². The molecule has 1 N–H and O–H groups in total. The van der Waals surface area contributed by atoms with E-state index in [4.69, 9.17) is 5.11 Å². The van der Waals surface area contributed by atoms with E-state index in [1.54, 1.807) is 19.6 Å². The summed E-state index contributed by atoms with van der Waals surface area (Å²) in [5.74, 6) is -0.908. The quantitative estimate of drug-likeness (QED) is 0.663. The zero-order valence-corrected chi connectivity index (χ0v) is 8.49. The van der Waals surface area contributed by atoms with Gasteiger partial charge in [-0.3, -0.25) is 0 Å². The Hall–Kier alpha value is 0.0369. The van der Waals surface area contributed by atoms with E-state index in [1.165, 1.54) is 6.92 Å². The fraction of sp³-hybridized carbons (Fsp3) is 1.00. The van der Waals surface area contributed by atoms with Gasteiger partial charge in [-0.2, -0.15) is 0 Å². The van der Waals surface area contributed by atoms with Gasteiger partial charge in [0, 0.05) is 5.92 Å². The molecule has 0 saturated carbocycles. The van der Waals surface area contributed by atoms with Crippen LogP contribution in [-0.4, -0.2) is 25.3 Å². The summed E-state index contributed by atoms with van der Waals surface area (Å²) in [7, 11) is -2.46. The van der Waals surface area contributed by atoms with Crippen molar-refractivity contribution in [2.45, 2.75) is 32.1 Å².